The average Bonchev–Trinajstić information content (AvgIpc) is 2.69. The Morgan fingerprint density at radius 3 is 2.83 bits per heavy atom. The topological polar surface area (TPSA) is 32.3 Å². The van der Waals surface area contributed by atoms with Crippen molar-refractivity contribution in [2.45, 2.75) is 19.3 Å². The molecule has 0 aliphatic carbocycles. The Morgan fingerprint density at radius 1 is 1.28 bits per heavy atom. The molecule has 1 N–H and O–H groups in total. The Hall–Kier alpha value is -1.06. The minimum atomic E-state index is -0.183. The number of nitrogens with one attached hydrogen (secondary N) is 1. The van der Waals surface area contributed by atoms with E-state index in [9.17, 15) is 4.79 Å². The van der Waals surface area contributed by atoms with E-state index in [4.69, 9.17) is 11.6 Å². The molecule has 0 bridgehead atoms. The van der Waals surface area contributed by atoms with Gasteiger partial charge in [-0.1, -0.05) is 23.7 Å². The van der Waals surface area contributed by atoms with Gasteiger partial charge in [-0.15, -0.1) is 0 Å². The number of nitrogens with zero attached hydrogens (tertiary/aromatic N) is 1. The van der Waals surface area contributed by atoms with Crippen LogP contribution in [0, 0.1) is 5.41 Å². The third kappa shape index (κ3) is 1.82. The van der Waals surface area contributed by atoms with Crippen LogP contribution in [0.15, 0.2) is 24.3 Å². The molecule has 2 aliphatic heterocycles. The molecule has 0 unspecified atom stereocenters. The van der Waals surface area contributed by atoms with Gasteiger partial charge in [0.25, 0.3) is 0 Å². The first-order valence-electron chi connectivity index (χ1n) is 6.50. The maximum Gasteiger partial charge on any atom is 0.234 e. The largest absolute Gasteiger partial charge is 0.316 e. The highest BCUT2D eigenvalue weighted by atomic mass is 35.5. The van der Waals surface area contributed by atoms with Gasteiger partial charge >= 0.3 is 0 Å². The van der Waals surface area contributed by atoms with E-state index in [2.05, 4.69) is 5.32 Å². The second-order valence-electron chi connectivity index (χ2n) is 5.22. The van der Waals surface area contributed by atoms with Crippen LogP contribution in [-0.4, -0.2) is 25.5 Å². The minimum absolute atomic E-state index is 0.183. The van der Waals surface area contributed by atoms with Crippen molar-refractivity contribution in [3.63, 3.8) is 0 Å². The molecule has 0 saturated carbocycles. The van der Waals surface area contributed by atoms with Crippen LogP contribution in [0.5, 0.6) is 0 Å². The van der Waals surface area contributed by atoms with Crippen molar-refractivity contribution in [3.05, 3.63) is 29.3 Å². The SMILES string of the molecule is O=C1N(c2ccccc2Cl)CC[C@@]12CCCNC2. The summed E-state index contributed by atoms with van der Waals surface area (Å²) >= 11 is 6.19. The van der Waals surface area contributed by atoms with E-state index >= 15 is 0 Å². The van der Waals surface area contributed by atoms with Crippen LogP contribution < -0.4 is 10.2 Å². The number of piperidine rings is 1. The number of hydrogen-bond acceptors (Lipinski definition) is 2. The fourth-order valence-electron chi connectivity index (χ4n) is 3.08. The molecule has 2 aliphatic rings. The molecule has 1 atom stereocenters. The molecule has 1 amide bonds. The van der Waals surface area contributed by atoms with Gasteiger partial charge in [0.2, 0.25) is 5.91 Å². The second-order valence-corrected chi connectivity index (χ2v) is 5.63. The quantitative estimate of drug-likeness (QED) is 0.845. The Bertz CT molecular complexity index is 469. The summed E-state index contributed by atoms with van der Waals surface area (Å²) in [5.41, 5.74) is 0.670. The standard InChI is InChI=1S/C14H17ClN2O/c15-11-4-1-2-5-12(11)17-9-7-14(13(17)18)6-3-8-16-10-14/h1-2,4-5,16H,3,6-10H2/t14-/m1/s1. The van der Waals surface area contributed by atoms with Crippen LogP contribution in [0.3, 0.4) is 0 Å². The Balaban J connectivity index is 1.89. The zero-order valence-electron chi connectivity index (χ0n) is 10.3. The summed E-state index contributed by atoms with van der Waals surface area (Å²) in [6.07, 6.45) is 3.02. The molecule has 0 radical (unpaired) electrons. The first kappa shape index (κ1) is 12.0. The van der Waals surface area contributed by atoms with E-state index < -0.39 is 0 Å². The number of rotatable bonds is 1. The summed E-state index contributed by atoms with van der Waals surface area (Å²) in [5.74, 6) is 0.239. The van der Waals surface area contributed by atoms with Crippen molar-refractivity contribution in [2.24, 2.45) is 5.41 Å². The highest BCUT2D eigenvalue weighted by molar-refractivity contribution is 6.33. The number of carbonyl (C=O) groups is 1. The second kappa shape index (κ2) is 4.56. The first-order valence-corrected chi connectivity index (χ1v) is 6.88. The normalized spacial score (nSPS) is 28.1. The van der Waals surface area contributed by atoms with Crippen molar-refractivity contribution in [3.8, 4) is 0 Å². The lowest BCUT2D eigenvalue weighted by atomic mass is 9.79. The van der Waals surface area contributed by atoms with Crippen molar-refractivity contribution in [1.29, 1.82) is 0 Å². The molecule has 1 aromatic rings. The van der Waals surface area contributed by atoms with Gasteiger partial charge in [-0.25, -0.2) is 0 Å². The van der Waals surface area contributed by atoms with Crippen LogP contribution in [0.2, 0.25) is 5.02 Å². The Kier molecular flexibility index (Phi) is 3.04. The number of hydrogen-bond donors (Lipinski definition) is 1. The number of amides is 1. The molecule has 3 rings (SSSR count). The van der Waals surface area contributed by atoms with Crippen LogP contribution in [0.25, 0.3) is 0 Å². The fourth-order valence-corrected chi connectivity index (χ4v) is 3.32. The fraction of sp³-hybridized carbons (Fsp3) is 0.500. The highest BCUT2D eigenvalue weighted by Gasteiger charge is 2.47. The van der Waals surface area contributed by atoms with Crippen molar-refractivity contribution < 1.29 is 4.79 Å². The molecule has 4 heteroatoms. The van der Waals surface area contributed by atoms with E-state index in [1.165, 1.54) is 0 Å². The molecule has 2 fully saturated rings. The van der Waals surface area contributed by atoms with Gasteiger partial charge in [-0.05, 0) is 37.9 Å². The van der Waals surface area contributed by atoms with E-state index in [-0.39, 0.29) is 11.3 Å². The lowest BCUT2D eigenvalue weighted by Gasteiger charge is -2.32. The number of benzene rings is 1. The third-order valence-electron chi connectivity index (χ3n) is 4.13. The number of anilines is 1. The van der Waals surface area contributed by atoms with Crippen LogP contribution in [0.1, 0.15) is 19.3 Å². The maximum absolute atomic E-state index is 12.7. The highest BCUT2D eigenvalue weighted by Crippen LogP contribution is 2.41. The van der Waals surface area contributed by atoms with Gasteiger partial charge in [0, 0.05) is 13.1 Å². The van der Waals surface area contributed by atoms with E-state index in [0.29, 0.717) is 5.02 Å². The summed E-state index contributed by atoms with van der Waals surface area (Å²) in [5, 5.41) is 4.01. The molecule has 3 nitrogen and oxygen atoms in total. The zero-order valence-corrected chi connectivity index (χ0v) is 11.0. The summed E-state index contributed by atoms with van der Waals surface area (Å²) in [6, 6.07) is 7.59. The van der Waals surface area contributed by atoms with Crippen LogP contribution in [0.4, 0.5) is 5.69 Å². The van der Waals surface area contributed by atoms with Gasteiger partial charge in [0.15, 0.2) is 0 Å². The number of para-hydroxylation sites is 1. The zero-order chi connectivity index (χ0) is 12.6. The molecule has 1 aromatic carbocycles. The summed E-state index contributed by atoms with van der Waals surface area (Å²) in [7, 11) is 0. The van der Waals surface area contributed by atoms with Gasteiger partial charge < -0.3 is 10.2 Å². The van der Waals surface area contributed by atoms with E-state index in [1.54, 1.807) is 0 Å². The lowest BCUT2D eigenvalue weighted by Crippen LogP contribution is -2.45. The molecule has 1 spiro atoms. The molecular formula is C14H17ClN2O. The molecular weight excluding hydrogens is 248 g/mol. The van der Waals surface area contributed by atoms with Crippen molar-refractivity contribution in [2.75, 3.05) is 24.5 Å². The summed E-state index contributed by atoms with van der Waals surface area (Å²) in [6.45, 7) is 2.62. The van der Waals surface area contributed by atoms with Crippen molar-refractivity contribution >= 4 is 23.2 Å². The Labute approximate surface area is 112 Å². The van der Waals surface area contributed by atoms with Crippen LogP contribution >= 0.6 is 11.6 Å². The van der Waals surface area contributed by atoms with Gasteiger partial charge in [-0.3, -0.25) is 4.79 Å². The van der Waals surface area contributed by atoms with Gasteiger partial charge in [0.1, 0.15) is 0 Å². The minimum Gasteiger partial charge on any atom is -0.316 e. The monoisotopic (exact) mass is 264 g/mol. The average molecular weight is 265 g/mol. The Morgan fingerprint density at radius 2 is 2.11 bits per heavy atom. The molecule has 96 valence electrons. The van der Waals surface area contributed by atoms with E-state index in [1.807, 2.05) is 29.2 Å². The smallest absolute Gasteiger partial charge is 0.234 e. The molecule has 2 heterocycles. The number of halogens is 1. The predicted octanol–water partition coefficient (Wildman–Crippen LogP) is 2.45. The molecule has 2 saturated heterocycles. The summed E-state index contributed by atoms with van der Waals surface area (Å²) in [4.78, 5) is 14.5. The van der Waals surface area contributed by atoms with Gasteiger partial charge in [0.05, 0.1) is 16.1 Å². The van der Waals surface area contributed by atoms with Gasteiger partial charge in [-0.2, -0.15) is 0 Å². The predicted molar refractivity (Wildman–Crippen MR) is 73.0 cm³/mol. The maximum atomic E-state index is 12.7. The third-order valence-corrected chi connectivity index (χ3v) is 4.45. The van der Waals surface area contributed by atoms with E-state index in [0.717, 1.165) is 44.6 Å². The van der Waals surface area contributed by atoms with Crippen molar-refractivity contribution in [1.82, 2.24) is 5.32 Å². The number of carbonyl (C=O) groups excluding carboxylic acids is 1. The van der Waals surface area contributed by atoms with Crippen LogP contribution in [-0.2, 0) is 4.79 Å². The first-order chi connectivity index (χ1) is 8.73. The lowest BCUT2D eigenvalue weighted by molar-refractivity contribution is -0.126. The molecule has 0 aromatic heterocycles. The molecule has 18 heavy (non-hydrogen) atoms. The summed E-state index contributed by atoms with van der Waals surface area (Å²) < 4.78 is 0.